The van der Waals surface area contributed by atoms with Crippen molar-refractivity contribution in [2.75, 3.05) is 6.61 Å². The van der Waals surface area contributed by atoms with E-state index in [1.54, 1.807) is 0 Å². The summed E-state index contributed by atoms with van der Waals surface area (Å²) in [5.74, 6) is 1.32. The summed E-state index contributed by atoms with van der Waals surface area (Å²) in [6, 6.07) is 5.93. The summed E-state index contributed by atoms with van der Waals surface area (Å²) < 4.78 is 11.1. The molecule has 2 bridgehead atoms. The summed E-state index contributed by atoms with van der Waals surface area (Å²) in [4.78, 5) is 12.4. The molecule has 144 valence electrons. The Kier molecular flexibility index (Phi) is 4.53. The molecule has 0 spiro atoms. The zero-order valence-electron chi connectivity index (χ0n) is 16.4. The Morgan fingerprint density at radius 3 is 2.89 bits per heavy atom. The van der Waals surface area contributed by atoms with E-state index in [-0.39, 0.29) is 5.41 Å². The van der Waals surface area contributed by atoms with Gasteiger partial charge in [0.05, 0.1) is 6.61 Å². The molecule has 4 nitrogen and oxygen atoms in total. The maximum Gasteiger partial charge on any atom is 0.513 e. The van der Waals surface area contributed by atoms with Crippen molar-refractivity contribution in [2.24, 2.45) is 0 Å². The molecule has 0 saturated heterocycles. The third-order valence-corrected chi connectivity index (χ3v) is 6.42. The first kappa shape index (κ1) is 18.1. The van der Waals surface area contributed by atoms with E-state index in [4.69, 9.17) is 9.47 Å². The number of hydrogen-bond donors (Lipinski definition) is 1. The Balaban J connectivity index is 1.90. The van der Waals surface area contributed by atoms with Gasteiger partial charge in [-0.25, -0.2) is 4.79 Å². The van der Waals surface area contributed by atoms with Crippen LogP contribution >= 0.6 is 0 Å². The van der Waals surface area contributed by atoms with Gasteiger partial charge in [-0.15, -0.1) is 0 Å². The Bertz CT molecular complexity index is 901. The van der Waals surface area contributed by atoms with Crippen molar-refractivity contribution in [1.82, 2.24) is 0 Å². The summed E-state index contributed by atoms with van der Waals surface area (Å²) >= 11 is 0. The fourth-order valence-corrected chi connectivity index (χ4v) is 5.10. The molecule has 0 aliphatic heterocycles. The van der Waals surface area contributed by atoms with Crippen LogP contribution in [0.4, 0.5) is 4.79 Å². The fraction of sp³-hybridized carbons (Fsp3) is 0.522. The minimum absolute atomic E-state index is 0.0370. The third kappa shape index (κ3) is 2.77. The number of benzene rings is 2. The lowest BCUT2D eigenvalue weighted by atomic mass is 9.78. The lowest BCUT2D eigenvalue weighted by Crippen LogP contribution is -2.18. The van der Waals surface area contributed by atoms with Gasteiger partial charge in [0.2, 0.25) is 0 Å². The number of phenolic OH excluding ortho intramolecular Hbond substituents is 1. The first-order valence-electron chi connectivity index (χ1n) is 10.2. The van der Waals surface area contributed by atoms with Crippen LogP contribution in [0.3, 0.4) is 0 Å². The van der Waals surface area contributed by atoms with Crippen LogP contribution in [0.2, 0.25) is 0 Å². The summed E-state index contributed by atoms with van der Waals surface area (Å²) in [5.41, 5.74) is 3.05. The van der Waals surface area contributed by atoms with Gasteiger partial charge in [-0.2, -0.15) is 0 Å². The number of carbonyl (C=O) groups excluding carboxylic acids is 1. The molecule has 0 aromatic heterocycles. The van der Waals surface area contributed by atoms with Crippen LogP contribution in [0.5, 0.6) is 11.5 Å². The third-order valence-electron chi connectivity index (χ3n) is 6.42. The van der Waals surface area contributed by atoms with Gasteiger partial charge in [0.15, 0.2) is 0 Å². The first-order valence-corrected chi connectivity index (χ1v) is 10.2. The number of ether oxygens (including phenoxy) is 2. The highest BCUT2D eigenvalue weighted by Crippen LogP contribution is 2.63. The highest BCUT2D eigenvalue weighted by atomic mass is 16.7. The van der Waals surface area contributed by atoms with E-state index in [0.29, 0.717) is 24.0 Å². The summed E-state index contributed by atoms with van der Waals surface area (Å²) in [6.07, 6.45) is 5.10. The zero-order valence-corrected chi connectivity index (χ0v) is 16.4. The van der Waals surface area contributed by atoms with Gasteiger partial charge in [-0.3, -0.25) is 0 Å². The van der Waals surface area contributed by atoms with Gasteiger partial charge in [0.1, 0.15) is 11.5 Å². The largest absolute Gasteiger partial charge is 0.513 e. The second-order valence-corrected chi connectivity index (χ2v) is 8.21. The molecule has 4 heteroatoms. The molecule has 2 aliphatic rings. The van der Waals surface area contributed by atoms with E-state index in [1.165, 1.54) is 0 Å². The van der Waals surface area contributed by atoms with Crippen LogP contribution < -0.4 is 4.74 Å². The Hall–Kier alpha value is -2.23. The predicted molar refractivity (Wildman–Crippen MR) is 106 cm³/mol. The number of rotatable bonds is 5. The number of aryl methyl sites for hydroxylation is 1. The van der Waals surface area contributed by atoms with Gasteiger partial charge in [0, 0.05) is 21.9 Å². The molecule has 0 amide bonds. The molecule has 1 N–H and O–H groups in total. The Morgan fingerprint density at radius 2 is 2.15 bits per heavy atom. The van der Waals surface area contributed by atoms with E-state index >= 15 is 0 Å². The average molecular weight is 368 g/mol. The smallest absolute Gasteiger partial charge is 0.507 e. The number of hydrogen-bond acceptors (Lipinski definition) is 4. The molecule has 0 radical (unpaired) electrons. The number of fused-ring (bicyclic) bond motifs is 6. The fourth-order valence-electron chi connectivity index (χ4n) is 5.10. The molecule has 1 fully saturated rings. The maximum absolute atomic E-state index is 12.4. The second kappa shape index (κ2) is 6.74. The second-order valence-electron chi connectivity index (χ2n) is 8.21. The minimum Gasteiger partial charge on any atom is -0.507 e. The van der Waals surface area contributed by atoms with E-state index in [1.807, 2.05) is 18.2 Å². The van der Waals surface area contributed by atoms with Crippen LogP contribution in [0, 0.1) is 0 Å². The molecule has 4 rings (SSSR count). The van der Waals surface area contributed by atoms with Crippen molar-refractivity contribution in [3.63, 3.8) is 0 Å². The van der Waals surface area contributed by atoms with Gasteiger partial charge >= 0.3 is 6.16 Å². The van der Waals surface area contributed by atoms with Crippen molar-refractivity contribution in [2.45, 2.75) is 70.6 Å². The average Bonchev–Trinajstić information content (AvgIpc) is 3.18. The van der Waals surface area contributed by atoms with Gasteiger partial charge in [0.25, 0.3) is 0 Å². The quantitative estimate of drug-likeness (QED) is 0.402. The number of phenols is 1. The van der Waals surface area contributed by atoms with Gasteiger partial charge in [-0.05, 0) is 49.0 Å². The molecule has 0 heterocycles. The topological polar surface area (TPSA) is 55.8 Å². The highest BCUT2D eigenvalue weighted by molar-refractivity contribution is 6.00. The predicted octanol–water partition coefficient (Wildman–Crippen LogP) is 5.96. The van der Waals surface area contributed by atoms with Crippen LogP contribution in [0.1, 0.15) is 75.5 Å². The molecule has 2 atom stereocenters. The maximum atomic E-state index is 12.4. The molecule has 2 aromatic rings. The van der Waals surface area contributed by atoms with Gasteiger partial charge in [-0.1, -0.05) is 45.4 Å². The summed E-state index contributed by atoms with van der Waals surface area (Å²) in [6.45, 7) is 6.72. The standard InChI is InChI=1S/C23H28O4/c1-4-6-12-26-22(25)27-21-17-14(5-2)8-7-9-16(17)20(24)19-18(21)15-10-11-23(19,3)13-15/h7-9,15,24H,4-6,10-13H2,1-3H3. The number of unbranched alkanes of at least 4 members (excludes halogenated alkanes) is 1. The Morgan fingerprint density at radius 1 is 1.33 bits per heavy atom. The van der Waals surface area contributed by atoms with Gasteiger partial charge < -0.3 is 14.6 Å². The number of carbonyl (C=O) groups is 1. The van der Waals surface area contributed by atoms with Crippen LogP contribution in [-0.2, 0) is 16.6 Å². The Labute approximate surface area is 160 Å². The van der Waals surface area contributed by atoms with Crippen LogP contribution in [0.15, 0.2) is 18.2 Å². The van der Waals surface area contributed by atoms with Crippen molar-refractivity contribution in [3.05, 3.63) is 34.9 Å². The van der Waals surface area contributed by atoms with E-state index in [9.17, 15) is 9.90 Å². The summed E-state index contributed by atoms with van der Waals surface area (Å²) in [7, 11) is 0. The normalized spacial score (nSPS) is 22.9. The zero-order chi connectivity index (χ0) is 19.2. The lowest BCUT2D eigenvalue weighted by Gasteiger charge is -2.28. The lowest BCUT2D eigenvalue weighted by molar-refractivity contribution is 0.0978. The van der Waals surface area contributed by atoms with Crippen LogP contribution in [0.25, 0.3) is 10.8 Å². The van der Waals surface area contributed by atoms with Crippen molar-refractivity contribution < 1.29 is 19.4 Å². The molecule has 2 aromatic carbocycles. The van der Waals surface area contributed by atoms with Crippen molar-refractivity contribution in [3.8, 4) is 11.5 Å². The molecule has 2 aliphatic carbocycles. The van der Waals surface area contributed by atoms with E-state index in [2.05, 4.69) is 20.8 Å². The van der Waals surface area contributed by atoms with E-state index in [0.717, 1.165) is 66.0 Å². The van der Waals surface area contributed by atoms with Crippen LogP contribution in [-0.4, -0.2) is 17.9 Å². The SMILES string of the molecule is CCCCOC(=O)Oc1c2c(c(O)c3cccc(CC)c13)C1(C)CCC2C1. The summed E-state index contributed by atoms with van der Waals surface area (Å²) in [5, 5.41) is 12.8. The minimum atomic E-state index is -0.642. The molecule has 2 unspecified atom stereocenters. The van der Waals surface area contributed by atoms with Crippen molar-refractivity contribution >= 4 is 16.9 Å². The number of aromatic hydroxyl groups is 1. The molecule has 1 saturated carbocycles. The van der Waals surface area contributed by atoms with Crippen molar-refractivity contribution in [1.29, 1.82) is 0 Å². The van der Waals surface area contributed by atoms with E-state index < -0.39 is 6.16 Å². The highest BCUT2D eigenvalue weighted by Gasteiger charge is 2.50. The monoisotopic (exact) mass is 368 g/mol. The molecular weight excluding hydrogens is 340 g/mol. The first-order chi connectivity index (χ1) is 13.0. The molecular formula is C23H28O4. The molecule has 27 heavy (non-hydrogen) atoms.